The molecule has 0 bridgehead atoms. The lowest BCUT2D eigenvalue weighted by Crippen LogP contribution is -2.37. The maximum absolute atomic E-state index is 11.9. The second-order valence-corrected chi connectivity index (χ2v) is 4.21. The summed E-state index contributed by atoms with van der Waals surface area (Å²) in [6.45, 7) is 1.51. The number of H-pyrrole nitrogens is 1. The fourth-order valence-electron chi connectivity index (χ4n) is 1.46. The van der Waals surface area contributed by atoms with Crippen molar-refractivity contribution in [2.24, 2.45) is 0 Å². The second-order valence-electron chi connectivity index (χ2n) is 3.29. The number of nitrogens with one attached hydrogen (secondary N) is 1. The zero-order chi connectivity index (χ0) is 12.4. The smallest absolute Gasteiger partial charge is 0.329 e. The molecule has 2 heterocycles. The number of ether oxygens (including phenoxy) is 1. The highest BCUT2D eigenvalue weighted by Crippen LogP contribution is 2.11. The van der Waals surface area contributed by atoms with Crippen molar-refractivity contribution in [3.8, 4) is 0 Å². The maximum Gasteiger partial charge on any atom is 0.329 e. The van der Waals surface area contributed by atoms with Crippen LogP contribution >= 0.6 is 11.3 Å². The van der Waals surface area contributed by atoms with Gasteiger partial charge in [-0.2, -0.15) is 0 Å². The highest BCUT2D eigenvalue weighted by Gasteiger charge is 2.12. The fourth-order valence-corrected chi connectivity index (χ4v) is 2.22. The third-order valence-corrected chi connectivity index (χ3v) is 3.03. The summed E-state index contributed by atoms with van der Waals surface area (Å²) < 4.78 is 5.54. The van der Waals surface area contributed by atoms with E-state index in [1.54, 1.807) is 18.4 Å². The molecular weight excluding hydrogens is 244 g/mol. The molecule has 0 unspecified atom stereocenters. The first-order valence-electron chi connectivity index (χ1n) is 4.99. The lowest BCUT2D eigenvalue weighted by atomic mass is 10.4. The van der Waals surface area contributed by atoms with Gasteiger partial charge in [-0.15, -0.1) is 11.3 Å². The first-order valence-corrected chi connectivity index (χ1v) is 5.87. The van der Waals surface area contributed by atoms with Gasteiger partial charge >= 0.3 is 11.7 Å². The number of rotatable bonds is 3. The van der Waals surface area contributed by atoms with E-state index in [9.17, 15) is 14.4 Å². The molecule has 2 aromatic rings. The van der Waals surface area contributed by atoms with Crippen molar-refractivity contribution in [3.05, 3.63) is 32.3 Å². The van der Waals surface area contributed by atoms with Crippen LogP contribution in [0.25, 0.3) is 10.2 Å². The van der Waals surface area contributed by atoms with Gasteiger partial charge in [0, 0.05) is 0 Å². The molecule has 0 spiro atoms. The van der Waals surface area contributed by atoms with E-state index in [2.05, 4.69) is 4.98 Å². The monoisotopic (exact) mass is 254 g/mol. The van der Waals surface area contributed by atoms with Crippen LogP contribution in [0.2, 0.25) is 0 Å². The minimum absolute atomic E-state index is 0.214. The van der Waals surface area contributed by atoms with Crippen LogP contribution in [0.1, 0.15) is 6.92 Å². The molecule has 0 aliphatic carbocycles. The van der Waals surface area contributed by atoms with Crippen molar-refractivity contribution < 1.29 is 9.53 Å². The third-order valence-electron chi connectivity index (χ3n) is 2.20. The van der Waals surface area contributed by atoms with E-state index in [1.165, 1.54) is 11.3 Å². The van der Waals surface area contributed by atoms with Crippen molar-refractivity contribution in [3.63, 3.8) is 0 Å². The Hall–Kier alpha value is -1.89. The van der Waals surface area contributed by atoms with E-state index in [0.717, 1.165) is 4.57 Å². The number of carbonyl (C=O) groups is 1. The van der Waals surface area contributed by atoms with Gasteiger partial charge in [0.2, 0.25) is 0 Å². The molecule has 0 atom stereocenters. The van der Waals surface area contributed by atoms with Gasteiger partial charge in [-0.1, -0.05) is 0 Å². The first kappa shape index (κ1) is 11.6. The molecule has 2 aromatic heterocycles. The predicted octanol–water partition coefficient (Wildman–Crippen LogP) is 0.314. The van der Waals surface area contributed by atoms with Gasteiger partial charge in [0.1, 0.15) is 11.4 Å². The lowest BCUT2D eigenvalue weighted by molar-refractivity contribution is -0.143. The van der Waals surface area contributed by atoms with Gasteiger partial charge in [0.15, 0.2) is 0 Å². The molecule has 1 N–H and O–H groups in total. The Morgan fingerprint density at radius 1 is 1.53 bits per heavy atom. The molecule has 0 saturated heterocycles. The molecule has 0 radical (unpaired) electrons. The molecule has 6 nitrogen and oxygen atoms in total. The first-order chi connectivity index (χ1) is 8.13. The molecule has 17 heavy (non-hydrogen) atoms. The SMILES string of the molecule is CCOC(=O)Cn1c(=O)[nH]c2sccc2c1=O. The summed E-state index contributed by atoms with van der Waals surface area (Å²) in [6, 6.07) is 1.61. The van der Waals surface area contributed by atoms with E-state index in [0.29, 0.717) is 10.2 Å². The quantitative estimate of drug-likeness (QED) is 0.799. The molecular formula is C10H10N2O4S. The summed E-state index contributed by atoms with van der Waals surface area (Å²) in [5, 5.41) is 2.11. The molecule has 0 saturated carbocycles. The Balaban J connectivity index is 2.50. The van der Waals surface area contributed by atoms with E-state index < -0.39 is 17.2 Å². The minimum Gasteiger partial charge on any atom is -0.465 e. The Kier molecular flexibility index (Phi) is 3.10. The maximum atomic E-state index is 11.9. The molecule has 7 heteroatoms. The number of aromatic nitrogens is 2. The van der Waals surface area contributed by atoms with Gasteiger partial charge < -0.3 is 4.74 Å². The van der Waals surface area contributed by atoms with Crippen LogP contribution in [-0.2, 0) is 16.1 Å². The van der Waals surface area contributed by atoms with Crippen molar-refractivity contribution in [1.82, 2.24) is 9.55 Å². The van der Waals surface area contributed by atoms with Crippen LogP contribution in [0.15, 0.2) is 21.0 Å². The van der Waals surface area contributed by atoms with E-state index in [1.807, 2.05) is 0 Å². The number of aromatic amines is 1. The van der Waals surface area contributed by atoms with Crippen LogP contribution in [0.4, 0.5) is 0 Å². The van der Waals surface area contributed by atoms with Gasteiger partial charge in [0.25, 0.3) is 5.56 Å². The normalized spacial score (nSPS) is 10.6. The number of hydrogen-bond donors (Lipinski definition) is 1. The fraction of sp³-hybridized carbons (Fsp3) is 0.300. The molecule has 90 valence electrons. The van der Waals surface area contributed by atoms with E-state index in [4.69, 9.17) is 4.74 Å². The van der Waals surface area contributed by atoms with Crippen molar-refractivity contribution >= 4 is 27.5 Å². The van der Waals surface area contributed by atoms with Gasteiger partial charge in [-0.25, -0.2) is 9.36 Å². The van der Waals surface area contributed by atoms with Gasteiger partial charge in [-0.05, 0) is 18.4 Å². The average molecular weight is 254 g/mol. The molecule has 0 aliphatic rings. The molecule has 2 rings (SSSR count). The molecule has 0 aliphatic heterocycles. The number of carbonyl (C=O) groups excluding carboxylic acids is 1. The Labute approximate surface area is 99.5 Å². The average Bonchev–Trinajstić information content (AvgIpc) is 2.72. The number of nitrogens with zero attached hydrogens (tertiary/aromatic N) is 1. The van der Waals surface area contributed by atoms with Crippen LogP contribution in [0, 0.1) is 0 Å². The van der Waals surface area contributed by atoms with Crippen LogP contribution < -0.4 is 11.2 Å². The van der Waals surface area contributed by atoms with Crippen molar-refractivity contribution in [1.29, 1.82) is 0 Å². The summed E-state index contributed by atoms with van der Waals surface area (Å²) in [5.41, 5.74) is -1.07. The molecule has 0 aromatic carbocycles. The Bertz CT molecular complexity index is 667. The lowest BCUT2D eigenvalue weighted by Gasteiger charge is -2.04. The summed E-state index contributed by atoms with van der Waals surface area (Å²) in [6.07, 6.45) is 0. The topological polar surface area (TPSA) is 81.2 Å². The standard InChI is InChI=1S/C10H10N2O4S/c1-2-16-7(13)5-12-9(14)6-3-4-17-8(6)11-10(12)15/h3-4H,2,5H2,1H3,(H,11,15). The van der Waals surface area contributed by atoms with E-state index >= 15 is 0 Å². The zero-order valence-electron chi connectivity index (χ0n) is 9.06. The summed E-state index contributed by atoms with van der Waals surface area (Å²) in [4.78, 5) is 37.8. The van der Waals surface area contributed by atoms with Crippen molar-refractivity contribution in [2.45, 2.75) is 13.5 Å². The number of hydrogen-bond acceptors (Lipinski definition) is 5. The number of fused-ring (bicyclic) bond motifs is 1. The molecule has 0 fully saturated rings. The van der Waals surface area contributed by atoms with Gasteiger partial charge in [0.05, 0.1) is 12.0 Å². The Morgan fingerprint density at radius 3 is 3.00 bits per heavy atom. The zero-order valence-corrected chi connectivity index (χ0v) is 9.87. The summed E-state index contributed by atoms with van der Waals surface area (Å²) in [7, 11) is 0. The number of esters is 1. The van der Waals surface area contributed by atoms with Crippen molar-refractivity contribution in [2.75, 3.05) is 6.61 Å². The summed E-state index contributed by atoms with van der Waals surface area (Å²) in [5.74, 6) is -0.602. The largest absolute Gasteiger partial charge is 0.465 e. The van der Waals surface area contributed by atoms with Gasteiger partial charge in [-0.3, -0.25) is 14.6 Å². The highest BCUT2D eigenvalue weighted by atomic mass is 32.1. The highest BCUT2D eigenvalue weighted by molar-refractivity contribution is 7.16. The number of thiophene rings is 1. The molecule has 0 amide bonds. The summed E-state index contributed by atoms with van der Waals surface area (Å²) >= 11 is 1.27. The minimum atomic E-state index is -0.602. The Morgan fingerprint density at radius 2 is 2.29 bits per heavy atom. The van der Waals surface area contributed by atoms with Crippen LogP contribution in [0.3, 0.4) is 0 Å². The van der Waals surface area contributed by atoms with Crippen LogP contribution in [0.5, 0.6) is 0 Å². The van der Waals surface area contributed by atoms with E-state index in [-0.39, 0.29) is 13.2 Å². The third kappa shape index (κ3) is 2.14. The second kappa shape index (κ2) is 4.54. The predicted molar refractivity (Wildman–Crippen MR) is 63.3 cm³/mol. The van der Waals surface area contributed by atoms with Crippen LogP contribution in [-0.4, -0.2) is 22.1 Å².